The Morgan fingerprint density at radius 1 is 1.54 bits per heavy atom. The second-order valence-corrected chi connectivity index (χ2v) is 3.26. The lowest BCUT2D eigenvalue weighted by molar-refractivity contribution is 0.101. The quantitative estimate of drug-likeness (QED) is 0.778. The van der Waals surface area contributed by atoms with Gasteiger partial charge in [0.2, 0.25) is 0 Å². The van der Waals surface area contributed by atoms with Crippen LogP contribution >= 0.6 is 0 Å². The van der Waals surface area contributed by atoms with Gasteiger partial charge in [-0.1, -0.05) is 6.07 Å². The van der Waals surface area contributed by atoms with Crippen LogP contribution in [0.25, 0.3) is 0 Å². The molecule has 1 aliphatic carbocycles. The van der Waals surface area contributed by atoms with Gasteiger partial charge in [0.05, 0.1) is 0 Å². The molecule has 1 heterocycles. The zero-order chi connectivity index (χ0) is 9.31. The fourth-order valence-electron chi connectivity index (χ4n) is 1.19. The van der Waals surface area contributed by atoms with E-state index in [1.54, 1.807) is 18.3 Å². The number of alkyl halides is 2. The molecule has 0 aliphatic heterocycles. The predicted molar refractivity (Wildman–Crippen MR) is 45.8 cm³/mol. The molecule has 2 nitrogen and oxygen atoms in total. The van der Waals surface area contributed by atoms with E-state index in [9.17, 15) is 8.78 Å². The van der Waals surface area contributed by atoms with E-state index in [1.807, 2.05) is 6.07 Å². The Morgan fingerprint density at radius 3 is 2.85 bits per heavy atom. The molecule has 70 valence electrons. The van der Waals surface area contributed by atoms with Crippen molar-refractivity contribution in [3.8, 4) is 0 Å². The lowest BCUT2D eigenvalue weighted by Gasteiger charge is -2.02. The van der Waals surface area contributed by atoms with Crippen LogP contribution in [0.3, 0.4) is 0 Å². The molecule has 0 amide bonds. The van der Waals surface area contributed by atoms with Crippen molar-refractivity contribution < 1.29 is 8.78 Å². The standard InChI is InChI=1S/C9H10F2N2/c10-9(11)5-7(9)6-13-8-3-1-2-4-12-8/h1-4,7H,5-6H2,(H,12,13)/t7-/m0/s1. The van der Waals surface area contributed by atoms with Crippen LogP contribution in [0, 0.1) is 5.92 Å². The molecule has 0 aromatic carbocycles. The molecule has 0 unspecified atom stereocenters. The summed E-state index contributed by atoms with van der Waals surface area (Å²) in [5.74, 6) is -2.29. The highest BCUT2D eigenvalue weighted by Gasteiger charge is 2.56. The molecule has 0 spiro atoms. The van der Waals surface area contributed by atoms with Crippen LogP contribution in [0.15, 0.2) is 24.4 Å². The Morgan fingerprint density at radius 2 is 2.31 bits per heavy atom. The maximum absolute atomic E-state index is 12.4. The van der Waals surface area contributed by atoms with Crippen LogP contribution in [0.2, 0.25) is 0 Å². The van der Waals surface area contributed by atoms with Gasteiger partial charge in [-0.2, -0.15) is 0 Å². The zero-order valence-electron chi connectivity index (χ0n) is 7.00. The largest absolute Gasteiger partial charge is 0.370 e. The van der Waals surface area contributed by atoms with Gasteiger partial charge in [-0.05, 0) is 12.1 Å². The van der Waals surface area contributed by atoms with E-state index in [0.717, 1.165) is 0 Å². The summed E-state index contributed by atoms with van der Waals surface area (Å²) in [6.07, 6.45) is 1.64. The molecule has 1 aliphatic rings. The second kappa shape index (κ2) is 2.94. The fourth-order valence-corrected chi connectivity index (χ4v) is 1.19. The SMILES string of the molecule is FC1(F)C[C@H]1CNc1ccccn1. The van der Waals surface area contributed by atoms with Crippen LogP contribution in [0.5, 0.6) is 0 Å². The molecule has 0 radical (unpaired) electrons. The topological polar surface area (TPSA) is 24.9 Å². The minimum Gasteiger partial charge on any atom is -0.370 e. The normalized spacial score (nSPS) is 24.0. The Labute approximate surface area is 75.0 Å². The van der Waals surface area contributed by atoms with Gasteiger partial charge in [-0.3, -0.25) is 0 Å². The summed E-state index contributed by atoms with van der Waals surface area (Å²) in [7, 11) is 0. The molecule has 1 atom stereocenters. The first-order valence-electron chi connectivity index (χ1n) is 4.21. The van der Waals surface area contributed by atoms with Gasteiger partial charge in [-0.15, -0.1) is 0 Å². The van der Waals surface area contributed by atoms with Crippen LogP contribution < -0.4 is 5.32 Å². The van der Waals surface area contributed by atoms with Crippen molar-refractivity contribution in [3.63, 3.8) is 0 Å². The number of hydrogen-bond donors (Lipinski definition) is 1. The second-order valence-electron chi connectivity index (χ2n) is 3.26. The van der Waals surface area contributed by atoms with Crippen molar-refractivity contribution in [1.82, 2.24) is 4.98 Å². The highest BCUT2D eigenvalue weighted by Crippen LogP contribution is 2.48. The Kier molecular flexibility index (Phi) is 1.90. The summed E-state index contributed by atoms with van der Waals surface area (Å²) in [6, 6.07) is 5.37. The third-order valence-electron chi connectivity index (χ3n) is 2.15. The summed E-state index contributed by atoms with van der Waals surface area (Å²) in [5.41, 5.74) is 0. The molecular formula is C9H10F2N2. The molecular weight excluding hydrogens is 174 g/mol. The van der Waals surface area contributed by atoms with Gasteiger partial charge in [-0.25, -0.2) is 13.8 Å². The van der Waals surface area contributed by atoms with E-state index in [1.165, 1.54) is 0 Å². The Hall–Kier alpha value is -1.19. The average Bonchev–Trinajstić information content (AvgIpc) is 2.73. The number of hydrogen-bond acceptors (Lipinski definition) is 2. The van der Waals surface area contributed by atoms with Crippen molar-refractivity contribution in [2.75, 3.05) is 11.9 Å². The van der Waals surface area contributed by atoms with Crippen LogP contribution in [0.1, 0.15) is 6.42 Å². The van der Waals surface area contributed by atoms with Crippen molar-refractivity contribution in [2.24, 2.45) is 5.92 Å². The summed E-state index contributed by atoms with van der Waals surface area (Å²) in [4.78, 5) is 3.97. The Bertz CT molecular complexity index is 287. The average molecular weight is 184 g/mol. The number of halogens is 2. The maximum atomic E-state index is 12.4. The number of aromatic nitrogens is 1. The highest BCUT2D eigenvalue weighted by molar-refractivity contribution is 5.33. The molecule has 1 fully saturated rings. The summed E-state index contributed by atoms with van der Waals surface area (Å²) in [6.45, 7) is 0.310. The molecule has 1 N–H and O–H groups in total. The minimum atomic E-state index is -2.44. The number of nitrogens with one attached hydrogen (secondary N) is 1. The van der Waals surface area contributed by atoms with Crippen molar-refractivity contribution in [1.29, 1.82) is 0 Å². The number of anilines is 1. The van der Waals surface area contributed by atoms with Gasteiger partial charge in [0.15, 0.2) is 0 Å². The van der Waals surface area contributed by atoms with Gasteiger partial charge < -0.3 is 5.32 Å². The minimum absolute atomic E-state index is 0.00678. The van der Waals surface area contributed by atoms with E-state index < -0.39 is 11.8 Å². The third-order valence-corrected chi connectivity index (χ3v) is 2.15. The van der Waals surface area contributed by atoms with E-state index in [2.05, 4.69) is 10.3 Å². The summed E-state index contributed by atoms with van der Waals surface area (Å²) < 4.78 is 24.9. The van der Waals surface area contributed by atoms with E-state index in [4.69, 9.17) is 0 Å². The molecule has 2 rings (SSSR count). The zero-order valence-corrected chi connectivity index (χ0v) is 7.00. The first-order valence-corrected chi connectivity index (χ1v) is 4.21. The molecule has 13 heavy (non-hydrogen) atoms. The van der Waals surface area contributed by atoms with Crippen molar-refractivity contribution >= 4 is 5.82 Å². The molecule has 0 bridgehead atoms. The summed E-state index contributed by atoms with van der Waals surface area (Å²) >= 11 is 0. The Balaban J connectivity index is 1.82. The summed E-state index contributed by atoms with van der Waals surface area (Å²) in [5, 5.41) is 2.87. The van der Waals surface area contributed by atoms with E-state index >= 15 is 0 Å². The number of pyridine rings is 1. The maximum Gasteiger partial charge on any atom is 0.253 e. The molecule has 0 saturated heterocycles. The molecule has 1 aromatic heterocycles. The van der Waals surface area contributed by atoms with Gasteiger partial charge in [0.1, 0.15) is 5.82 Å². The third kappa shape index (κ3) is 1.94. The highest BCUT2D eigenvalue weighted by atomic mass is 19.3. The molecule has 4 heteroatoms. The van der Waals surface area contributed by atoms with Crippen molar-refractivity contribution in [3.05, 3.63) is 24.4 Å². The number of nitrogens with zero attached hydrogens (tertiary/aromatic N) is 1. The lowest BCUT2D eigenvalue weighted by Crippen LogP contribution is -2.09. The fraction of sp³-hybridized carbons (Fsp3) is 0.444. The van der Waals surface area contributed by atoms with Crippen LogP contribution in [-0.2, 0) is 0 Å². The van der Waals surface area contributed by atoms with Gasteiger partial charge in [0, 0.05) is 25.1 Å². The van der Waals surface area contributed by atoms with Crippen molar-refractivity contribution in [2.45, 2.75) is 12.3 Å². The first-order chi connectivity index (χ1) is 6.18. The smallest absolute Gasteiger partial charge is 0.253 e. The van der Waals surface area contributed by atoms with Gasteiger partial charge >= 0.3 is 0 Å². The van der Waals surface area contributed by atoms with Gasteiger partial charge in [0.25, 0.3) is 5.92 Å². The van der Waals surface area contributed by atoms with E-state index in [-0.39, 0.29) is 6.42 Å². The molecule has 1 aromatic rings. The predicted octanol–water partition coefficient (Wildman–Crippen LogP) is 2.15. The molecule has 1 saturated carbocycles. The monoisotopic (exact) mass is 184 g/mol. The van der Waals surface area contributed by atoms with Crippen LogP contribution in [-0.4, -0.2) is 17.5 Å². The lowest BCUT2D eigenvalue weighted by atomic mass is 10.4. The first kappa shape index (κ1) is 8.41. The van der Waals surface area contributed by atoms with Crippen LogP contribution in [0.4, 0.5) is 14.6 Å². The van der Waals surface area contributed by atoms with E-state index in [0.29, 0.717) is 12.4 Å². The number of rotatable bonds is 3.